The summed E-state index contributed by atoms with van der Waals surface area (Å²) in [6.45, 7) is 23.0. The Labute approximate surface area is 762 Å². The fourth-order valence-corrected chi connectivity index (χ4v) is 18.9. The van der Waals surface area contributed by atoms with E-state index >= 15 is 28.8 Å². The van der Waals surface area contributed by atoms with E-state index in [-0.39, 0.29) is 163 Å². The Morgan fingerprint density at radius 2 is 0.636 bits per heavy atom. The summed E-state index contributed by atoms with van der Waals surface area (Å²) in [6.07, 6.45) is 0.685. The quantitative estimate of drug-likeness (QED) is 0.00926. The van der Waals surface area contributed by atoms with E-state index in [1.165, 1.54) is 0 Å². The van der Waals surface area contributed by atoms with E-state index in [9.17, 15) is 0 Å². The second-order valence-corrected chi connectivity index (χ2v) is 36.7. The van der Waals surface area contributed by atoms with Crippen molar-refractivity contribution in [2.75, 3.05) is 98.4 Å². The number of benzene rings is 13. The van der Waals surface area contributed by atoms with Gasteiger partial charge in [-0.25, -0.2) is 0 Å². The van der Waals surface area contributed by atoms with Gasteiger partial charge in [0.2, 0.25) is 0 Å². The van der Waals surface area contributed by atoms with Crippen molar-refractivity contribution in [3.05, 3.63) is 262 Å². The molecule has 0 spiro atoms. The van der Waals surface area contributed by atoms with Gasteiger partial charge < -0.3 is 72.5 Å². The molecule has 13 aromatic carbocycles. The number of ether oxygens (including phenoxy) is 8. The predicted octanol–water partition coefficient (Wildman–Crippen LogP) is 19.8. The van der Waals surface area contributed by atoms with Crippen LogP contribution in [0.2, 0.25) is 0 Å². The van der Waals surface area contributed by atoms with Crippen LogP contribution in [0.3, 0.4) is 0 Å². The number of nitrogens with one attached hydrogen (secondary N) is 4. The van der Waals surface area contributed by atoms with E-state index in [1.807, 2.05) is 158 Å². The van der Waals surface area contributed by atoms with Crippen LogP contribution in [-0.4, -0.2) is 178 Å². The topological polar surface area (TPSA) is 274 Å². The smallest absolute Gasteiger partial charge is 0.262 e. The highest BCUT2D eigenvalue weighted by atomic mass is 16.6. The molecular formula is C108H104N8O16. The predicted molar refractivity (Wildman–Crippen MR) is 507 cm³/mol. The van der Waals surface area contributed by atoms with Gasteiger partial charge in [-0.3, -0.25) is 43.9 Å². The van der Waals surface area contributed by atoms with Crippen molar-refractivity contribution in [2.45, 2.75) is 122 Å². The number of hydrogen-bond acceptors (Lipinski definition) is 20. The van der Waals surface area contributed by atoms with Gasteiger partial charge in [-0.05, 0) is 154 Å². The summed E-state index contributed by atoms with van der Waals surface area (Å²) in [4.78, 5) is 109. The molecule has 0 saturated carbocycles. The van der Waals surface area contributed by atoms with E-state index in [4.69, 9.17) is 46.7 Å². The Balaban J connectivity index is 0.845. The maximum Gasteiger partial charge on any atom is 0.262 e. The summed E-state index contributed by atoms with van der Waals surface area (Å²) in [7, 11) is 0. The Hall–Kier alpha value is -13.1. The fraction of sp³-hybridized carbons (Fsp3) is 0.315. The van der Waals surface area contributed by atoms with Gasteiger partial charge in [-0.15, -0.1) is 0 Å². The maximum absolute atomic E-state index is 17.5. The number of fused-ring (bicyclic) bond motifs is 8. The summed E-state index contributed by atoms with van der Waals surface area (Å²) >= 11 is 0. The van der Waals surface area contributed by atoms with Gasteiger partial charge in [0.05, 0.1) is 67.0 Å². The largest absolute Gasteiger partial charge is 0.457 e. The molecule has 24 nitrogen and oxygen atoms in total. The number of amides is 6. The Morgan fingerprint density at radius 1 is 0.348 bits per heavy atom. The highest BCUT2D eigenvalue weighted by Crippen LogP contribution is 2.59. The van der Waals surface area contributed by atoms with Crippen molar-refractivity contribution in [1.82, 2.24) is 40.9 Å². The molecule has 6 amide bonds. The summed E-state index contributed by atoms with van der Waals surface area (Å²) < 4.78 is 66.2. The Kier molecular flexibility index (Phi) is 23.0. The van der Waals surface area contributed by atoms with Crippen LogP contribution in [0.4, 0.5) is 0 Å². The molecule has 15 aromatic rings. The lowest BCUT2D eigenvalue weighted by Crippen LogP contribution is -2.52. The number of furan rings is 2. The molecule has 6 unspecified atom stereocenters. The molecular weight excluding hydrogens is 1670 g/mol. The summed E-state index contributed by atoms with van der Waals surface area (Å²) in [5.74, 6) is -2.26. The minimum Gasteiger partial charge on any atom is -0.457 e. The molecule has 0 bridgehead atoms. The highest BCUT2D eigenvalue weighted by Gasteiger charge is 2.49. The first-order valence-electron chi connectivity index (χ1n) is 46.2. The minimum absolute atomic E-state index is 0.0170. The first-order chi connectivity index (χ1) is 64.2. The lowest BCUT2D eigenvalue weighted by molar-refractivity contribution is -0.136. The molecule has 4 N–H and O–H groups in total. The molecule has 4 saturated heterocycles. The van der Waals surface area contributed by atoms with Crippen molar-refractivity contribution >= 4 is 122 Å². The molecule has 0 radical (unpaired) electrons. The van der Waals surface area contributed by atoms with Gasteiger partial charge in [0.15, 0.2) is 0 Å². The average molecular weight is 1770 g/mol. The SMILES string of the molecule is CC(C)c1ccc(Oc2cc3c4c(cc(Oc5ccc(C(C)C)cc5)c5c6c(Oc7ccc(C(C)C)cc7)cc7c8c(cc(Oc9ccc(C(C)C)cc9)c(c2c45)c86)C(=O)N(C(C(=O)N(CCNCC2CO2)CCNC2CCO2)c2ccc4c(c2)oc2ccccc24)C7=O)C(=O)N(C(C(=O)N(CCNCC2CO2)CCNCC2CO2)c2ccc4c(c2)oc2ccccc24)C3=O)cc1. The number of carbonyl (C=O) groups is 6. The molecule has 4 fully saturated rings. The zero-order chi connectivity index (χ0) is 90.4. The van der Waals surface area contributed by atoms with Crippen molar-refractivity contribution in [2.24, 2.45) is 0 Å². The number of carbonyl (C=O) groups excluding carboxylic acids is 6. The Bertz CT molecular complexity index is 6570. The standard InChI is InChI=1S/C108H104N8O16/c1-59(2)63-17-27-69(28-18-63)127-88-49-80-93-81(104(118)115(103(80)117)101(67-25-35-78-76-13-9-11-15-84(76)131-86(78)47-67)107(121)113(42-38-109-53-73-56-124-73)43-39-110-54-74-57-125-74)50-89(128-70-29-19-64(20-30-70)60(3)4)96-98-91(130-72-33-23-66(24-34-72)62(7)8)52-83-94-82(51-90(97(100(94)98)95(88)99(93)96)129-71-31-21-65(22-32-71)61(5)6)105(119)116(106(83)120)102(68-26-36-79-77-14-10-12-16-85(77)132-87(79)48-68)108(122)114(44-40-111-55-75-58-126-75)45-41-112-92-37-46-123-92/h9-36,47-52,59-62,73-75,92,101-102,109-112H,37-46,53-58H2,1-8H3. The van der Waals surface area contributed by atoms with E-state index in [2.05, 4.69) is 76.7 Å². The molecule has 0 aliphatic carbocycles. The van der Waals surface area contributed by atoms with Crippen molar-refractivity contribution < 1.29 is 75.5 Å². The molecule has 21 rings (SSSR count). The van der Waals surface area contributed by atoms with Gasteiger partial charge in [0.25, 0.3) is 35.4 Å². The van der Waals surface area contributed by atoms with E-state index in [0.717, 1.165) is 60.0 Å². The van der Waals surface area contributed by atoms with Crippen LogP contribution < -0.4 is 40.2 Å². The van der Waals surface area contributed by atoms with Crippen LogP contribution in [0.25, 0.3) is 87.0 Å². The van der Waals surface area contributed by atoms with Crippen LogP contribution in [0.1, 0.15) is 172 Å². The van der Waals surface area contributed by atoms with Gasteiger partial charge in [-0.2, -0.15) is 0 Å². The van der Waals surface area contributed by atoms with Crippen LogP contribution in [-0.2, 0) is 28.5 Å². The third-order valence-corrected chi connectivity index (χ3v) is 26.6. The van der Waals surface area contributed by atoms with Crippen LogP contribution in [0, 0.1) is 0 Å². The molecule has 672 valence electrons. The zero-order valence-electron chi connectivity index (χ0n) is 75.0. The summed E-state index contributed by atoms with van der Waals surface area (Å²) in [6, 6.07) is 60.2. The van der Waals surface area contributed by atoms with Crippen LogP contribution in [0.15, 0.2) is 215 Å². The number of rotatable bonds is 37. The maximum atomic E-state index is 17.5. The normalized spacial score (nSPS) is 17.4. The van der Waals surface area contributed by atoms with E-state index in [0.29, 0.717) is 129 Å². The van der Waals surface area contributed by atoms with Gasteiger partial charge >= 0.3 is 0 Å². The minimum atomic E-state index is -1.65. The molecule has 6 atom stereocenters. The molecule has 6 aliphatic rings. The van der Waals surface area contributed by atoms with Gasteiger partial charge in [0, 0.05) is 143 Å². The van der Waals surface area contributed by atoms with E-state index < -0.39 is 47.5 Å². The Morgan fingerprint density at radius 3 is 0.924 bits per heavy atom. The second-order valence-electron chi connectivity index (χ2n) is 36.7. The number of hydrogen-bond donors (Lipinski definition) is 4. The monoisotopic (exact) mass is 1770 g/mol. The van der Waals surface area contributed by atoms with Crippen LogP contribution in [0.5, 0.6) is 46.0 Å². The molecule has 6 aliphatic heterocycles. The highest BCUT2D eigenvalue weighted by molar-refractivity contribution is 6.45. The lowest BCUT2D eigenvalue weighted by Gasteiger charge is -2.38. The average Bonchev–Trinajstić information content (AvgIpc) is 1.32. The van der Waals surface area contributed by atoms with Crippen molar-refractivity contribution in [3.8, 4) is 46.0 Å². The summed E-state index contributed by atoms with van der Waals surface area (Å²) in [5.41, 5.74) is 6.67. The number of epoxide rings is 3. The van der Waals surface area contributed by atoms with Crippen molar-refractivity contribution in [3.63, 3.8) is 0 Å². The third kappa shape index (κ3) is 16.4. The molecule has 8 heterocycles. The van der Waals surface area contributed by atoms with Gasteiger partial charge in [0.1, 0.15) is 86.6 Å². The van der Waals surface area contributed by atoms with Crippen molar-refractivity contribution in [1.29, 1.82) is 0 Å². The fourth-order valence-electron chi connectivity index (χ4n) is 18.9. The lowest BCUT2D eigenvalue weighted by atomic mass is 9.80. The van der Waals surface area contributed by atoms with Crippen LogP contribution >= 0.6 is 0 Å². The first kappa shape index (κ1) is 85.6. The number of nitrogens with zero attached hydrogens (tertiary/aromatic N) is 4. The number of imide groups is 2. The third-order valence-electron chi connectivity index (χ3n) is 26.6. The molecule has 2 aromatic heterocycles. The second kappa shape index (κ2) is 35.5. The number of para-hydroxylation sites is 2. The molecule has 132 heavy (non-hydrogen) atoms. The van der Waals surface area contributed by atoms with E-state index in [1.54, 1.807) is 58.3 Å². The summed E-state index contributed by atoms with van der Waals surface area (Å²) in [5, 5.41) is 19.1. The first-order valence-corrected chi connectivity index (χ1v) is 46.2. The molecule has 24 heteroatoms. The van der Waals surface area contributed by atoms with Gasteiger partial charge in [-0.1, -0.05) is 165 Å². The zero-order valence-corrected chi connectivity index (χ0v) is 75.0.